The number of hydrogen-bond acceptors (Lipinski definition) is 2. The third-order valence-electron chi connectivity index (χ3n) is 7.74. The molecule has 3 aliphatic rings. The van der Waals surface area contributed by atoms with Gasteiger partial charge in [-0.1, -0.05) is 48.0 Å². The van der Waals surface area contributed by atoms with Crippen molar-refractivity contribution in [1.29, 1.82) is 0 Å². The number of ketones is 1. The van der Waals surface area contributed by atoms with Crippen molar-refractivity contribution in [3.8, 4) is 0 Å². The summed E-state index contributed by atoms with van der Waals surface area (Å²) in [5.41, 5.74) is 2.30. The van der Waals surface area contributed by atoms with Crippen LogP contribution in [-0.4, -0.2) is 20.2 Å². The fraction of sp³-hybridized carbons (Fsp3) is 0.950. The van der Waals surface area contributed by atoms with Gasteiger partial charge in [0.05, 0.1) is 0 Å². The van der Waals surface area contributed by atoms with Crippen molar-refractivity contribution in [1.82, 2.24) is 0 Å². The number of carbonyl (C=O) groups excluding carboxylic acids is 1. The van der Waals surface area contributed by atoms with Crippen LogP contribution < -0.4 is 0 Å². The molecule has 0 bridgehead atoms. The molecule has 0 radical (unpaired) electrons. The highest BCUT2D eigenvalue weighted by Gasteiger charge is 2.62. The van der Waals surface area contributed by atoms with E-state index in [2.05, 4.69) is 41.5 Å². The third-order valence-corrected chi connectivity index (χ3v) is 13.9. The minimum atomic E-state index is -1.81. The first-order chi connectivity index (χ1) is 10.7. The van der Waals surface area contributed by atoms with Gasteiger partial charge in [0.2, 0.25) is 8.32 Å². The molecule has 3 fully saturated rings. The molecule has 3 rings (SSSR count). The van der Waals surface area contributed by atoms with Crippen LogP contribution in [0, 0.1) is 17.3 Å². The molecule has 2 unspecified atom stereocenters. The van der Waals surface area contributed by atoms with E-state index in [-0.39, 0.29) is 0 Å². The Balaban J connectivity index is 1.87. The smallest absolute Gasteiger partial charge is 0.200 e. The molecule has 3 aliphatic carbocycles. The summed E-state index contributed by atoms with van der Waals surface area (Å²) in [6, 6.07) is 0. The van der Waals surface area contributed by atoms with Crippen LogP contribution in [0.1, 0.15) is 80.1 Å². The lowest BCUT2D eigenvalue weighted by atomic mass is 9.76. The van der Waals surface area contributed by atoms with Gasteiger partial charge in [-0.15, -0.1) is 0 Å². The molecule has 23 heavy (non-hydrogen) atoms. The summed E-state index contributed by atoms with van der Waals surface area (Å²) in [5, 5.41) is 0. The molecule has 0 aromatic carbocycles. The zero-order valence-corrected chi connectivity index (χ0v) is 17.0. The van der Waals surface area contributed by atoms with Gasteiger partial charge in [0.15, 0.2) is 0 Å². The van der Waals surface area contributed by atoms with Crippen molar-refractivity contribution in [2.24, 2.45) is 17.3 Å². The van der Waals surface area contributed by atoms with Crippen LogP contribution in [0.3, 0.4) is 0 Å². The third kappa shape index (κ3) is 2.49. The molecule has 0 saturated heterocycles. The summed E-state index contributed by atoms with van der Waals surface area (Å²) in [6.07, 6.45) is 7.21. The van der Waals surface area contributed by atoms with Crippen molar-refractivity contribution in [2.45, 2.75) is 103 Å². The molecule has 3 saturated carbocycles. The van der Waals surface area contributed by atoms with Crippen LogP contribution in [0.15, 0.2) is 0 Å². The molecule has 1 spiro atoms. The van der Waals surface area contributed by atoms with Crippen LogP contribution in [-0.2, 0) is 9.22 Å². The summed E-state index contributed by atoms with van der Waals surface area (Å²) >= 11 is 0. The Kier molecular flexibility index (Phi) is 4.59. The zero-order chi connectivity index (χ0) is 17.0. The van der Waals surface area contributed by atoms with Gasteiger partial charge >= 0.3 is 0 Å². The molecule has 0 aromatic rings. The second kappa shape index (κ2) is 5.98. The van der Waals surface area contributed by atoms with Crippen LogP contribution in [0.5, 0.6) is 0 Å². The SMILES string of the molecule is CC(C)[Si](O[C@@H]1CC2CC(=O)CC23CCC[C@@H]13)(C(C)C)C(C)C. The molecule has 0 aliphatic heterocycles. The van der Waals surface area contributed by atoms with Crippen molar-refractivity contribution in [3.05, 3.63) is 0 Å². The van der Waals surface area contributed by atoms with Crippen LogP contribution in [0.4, 0.5) is 0 Å². The first-order valence-electron chi connectivity index (χ1n) is 9.93. The van der Waals surface area contributed by atoms with Gasteiger partial charge in [0.25, 0.3) is 0 Å². The molecular weight excluding hydrogens is 300 g/mol. The predicted molar refractivity (Wildman–Crippen MR) is 98.0 cm³/mol. The number of rotatable bonds is 5. The lowest BCUT2D eigenvalue weighted by molar-refractivity contribution is -0.118. The molecule has 3 heteroatoms. The van der Waals surface area contributed by atoms with Crippen LogP contribution >= 0.6 is 0 Å². The molecule has 132 valence electrons. The summed E-state index contributed by atoms with van der Waals surface area (Å²) in [4.78, 5) is 12.1. The van der Waals surface area contributed by atoms with Gasteiger partial charge in [-0.2, -0.15) is 0 Å². The topological polar surface area (TPSA) is 26.3 Å². The zero-order valence-electron chi connectivity index (χ0n) is 16.0. The van der Waals surface area contributed by atoms with Crippen molar-refractivity contribution in [3.63, 3.8) is 0 Å². The van der Waals surface area contributed by atoms with Crippen LogP contribution in [0.25, 0.3) is 0 Å². The Hall–Kier alpha value is -0.153. The maximum atomic E-state index is 12.1. The van der Waals surface area contributed by atoms with E-state index in [1.54, 1.807) is 0 Å². The summed E-state index contributed by atoms with van der Waals surface area (Å²) in [5.74, 6) is 1.83. The van der Waals surface area contributed by atoms with Gasteiger partial charge in [-0.05, 0) is 53.1 Å². The van der Waals surface area contributed by atoms with Crippen molar-refractivity contribution < 1.29 is 9.22 Å². The highest BCUT2D eigenvalue weighted by Crippen LogP contribution is 2.65. The number of carbonyl (C=O) groups is 1. The second-order valence-corrected chi connectivity index (χ2v) is 15.0. The Labute approximate surface area is 143 Å². The lowest BCUT2D eigenvalue weighted by Crippen LogP contribution is -2.51. The molecule has 0 aromatic heterocycles. The highest BCUT2D eigenvalue weighted by molar-refractivity contribution is 6.77. The quantitative estimate of drug-likeness (QED) is 0.600. The second-order valence-electron chi connectivity index (χ2n) is 9.56. The Morgan fingerprint density at radius 2 is 1.70 bits per heavy atom. The number of Topliss-reactive ketones (excluding diaryl/α,β-unsaturated/α-hetero) is 1. The van der Waals surface area contributed by atoms with Crippen molar-refractivity contribution >= 4 is 14.1 Å². The van der Waals surface area contributed by atoms with E-state index in [9.17, 15) is 4.79 Å². The van der Waals surface area contributed by atoms with Gasteiger partial charge in [0.1, 0.15) is 5.78 Å². The van der Waals surface area contributed by atoms with Gasteiger partial charge < -0.3 is 4.43 Å². The normalized spacial score (nSPS) is 37.3. The number of hydrogen-bond donors (Lipinski definition) is 0. The van der Waals surface area contributed by atoms with Gasteiger partial charge in [0, 0.05) is 18.9 Å². The van der Waals surface area contributed by atoms with Gasteiger partial charge in [-0.25, -0.2) is 0 Å². The minimum Gasteiger partial charge on any atom is -0.413 e. The average molecular weight is 337 g/mol. The summed E-state index contributed by atoms with van der Waals surface area (Å²) in [7, 11) is -1.81. The average Bonchev–Trinajstić information content (AvgIpc) is 3.03. The monoisotopic (exact) mass is 336 g/mol. The summed E-state index contributed by atoms with van der Waals surface area (Å²) in [6.45, 7) is 14.3. The Morgan fingerprint density at radius 1 is 1.09 bits per heavy atom. The first-order valence-corrected chi connectivity index (χ1v) is 12.1. The largest absolute Gasteiger partial charge is 0.413 e. The molecule has 0 amide bonds. The van der Waals surface area contributed by atoms with E-state index >= 15 is 0 Å². The molecule has 0 heterocycles. The fourth-order valence-electron chi connectivity index (χ4n) is 7.03. The molecule has 4 atom stereocenters. The minimum absolute atomic E-state index is 0.340. The van der Waals surface area contributed by atoms with E-state index in [1.807, 2.05) is 0 Å². The molecular formula is C20H36O2Si. The Morgan fingerprint density at radius 3 is 2.26 bits per heavy atom. The highest BCUT2D eigenvalue weighted by atomic mass is 28.4. The van der Waals surface area contributed by atoms with E-state index in [4.69, 9.17) is 4.43 Å². The predicted octanol–water partition coefficient (Wildman–Crippen LogP) is 5.72. The van der Waals surface area contributed by atoms with Gasteiger partial charge in [-0.3, -0.25) is 4.79 Å². The standard InChI is InChI=1S/C20H36O2Si/c1-13(2)23(14(3)4,15(5)6)22-19-11-16-10-17(21)12-20(16)9-7-8-18(19)20/h13-16,18-19H,7-12H2,1-6H3/t16?,18-,19+,20?/m0/s1. The maximum absolute atomic E-state index is 12.1. The van der Waals surface area contributed by atoms with E-state index in [0.717, 1.165) is 19.3 Å². The molecule has 2 nitrogen and oxygen atoms in total. The maximum Gasteiger partial charge on any atom is 0.200 e. The van der Waals surface area contributed by atoms with E-state index < -0.39 is 8.32 Å². The summed E-state index contributed by atoms with van der Waals surface area (Å²) < 4.78 is 7.19. The fourth-order valence-corrected chi connectivity index (χ4v) is 12.6. The molecule has 0 N–H and O–H groups in total. The first kappa shape index (κ1) is 17.7. The lowest BCUT2D eigenvalue weighted by Gasteiger charge is -2.45. The van der Waals surface area contributed by atoms with Crippen LogP contribution in [0.2, 0.25) is 16.6 Å². The Bertz CT molecular complexity index is 448. The van der Waals surface area contributed by atoms with E-state index in [0.29, 0.717) is 45.8 Å². The van der Waals surface area contributed by atoms with Crippen molar-refractivity contribution in [2.75, 3.05) is 0 Å². The van der Waals surface area contributed by atoms with E-state index in [1.165, 1.54) is 19.3 Å².